The van der Waals surface area contributed by atoms with Crippen molar-refractivity contribution in [1.82, 2.24) is 15.1 Å². The summed E-state index contributed by atoms with van der Waals surface area (Å²) in [5, 5.41) is 10.1. The Kier molecular flexibility index (Phi) is 7.57. The molecule has 1 heterocycles. The van der Waals surface area contributed by atoms with Crippen LogP contribution in [0.15, 0.2) is 12.1 Å². The number of hydrogen-bond acceptors (Lipinski definition) is 3. The lowest BCUT2D eigenvalue weighted by Crippen LogP contribution is -2.31. The van der Waals surface area contributed by atoms with Crippen LogP contribution in [-0.2, 0) is 6.54 Å². The van der Waals surface area contributed by atoms with Crippen LogP contribution in [0.4, 0.5) is 14.5 Å². The molecule has 0 atom stereocenters. The number of carbonyl (C=O) groups is 1. The summed E-state index contributed by atoms with van der Waals surface area (Å²) < 4.78 is 31.2. The van der Waals surface area contributed by atoms with Gasteiger partial charge in [0.2, 0.25) is 0 Å². The molecule has 1 aromatic heterocycles. The van der Waals surface area contributed by atoms with Gasteiger partial charge in [-0.05, 0) is 57.6 Å². The van der Waals surface area contributed by atoms with Crippen LogP contribution >= 0.6 is 11.6 Å². The molecule has 2 N–H and O–H groups in total. The van der Waals surface area contributed by atoms with Crippen molar-refractivity contribution in [3.05, 3.63) is 34.5 Å². The van der Waals surface area contributed by atoms with Gasteiger partial charge in [-0.1, -0.05) is 31.4 Å². The predicted octanol–water partition coefficient (Wildman–Crippen LogP) is 5.88. The standard InChI is InChI=1S/C23H31ClF2N4O/c1-5-30-22(19-17(25)10-16(11-18(19)26)28-13(2)3)20(24)21(29-30)23(31)27-12-15-8-6-14(4)7-9-15/h10-11,13-15,28H,5-9,12H2,1-4H3,(H,27,31). The third-order valence-electron chi connectivity index (χ3n) is 5.83. The SMILES string of the molecule is CCn1nc(C(=O)NCC2CCC(C)CC2)c(Cl)c1-c1c(F)cc(NC(C)C)cc1F. The molecule has 1 aromatic carbocycles. The largest absolute Gasteiger partial charge is 0.383 e. The summed E-state index contributed by atoms with van der Waals surface area (Å²) in [6.45, 7) is 8.65. The van der Waals surface area contributed by atoms with E-state index >= 15 is 0 Å². The summed E-state index contributed by atoms with van der Waals surface area (Å²) in [4.78, 5) is 12.8. The lowest BCUT2D eigenvalue weighted by atomic mass is 9.83. The first-order valence-electron chi connectivity index (χ1n) is 11.0. The molecule has 0 radical (unpaired) electrons. The molecule has 0 unspecified atom stereocenters. The highest BCUT2D eigenvalue weighted by atomic mass is 35.5. The minimum atomic E-state index is -0.761. The summed E-state index contributed by atoms with van der Waals surface area (Å²) in [7, 11) is 0. The zero-order valence-electron chi connectivity index (χ0n) is 18.6. The van der Waals surface area contributed by atoms with Crippen LogP contribution in [0.2, 0.25) is 5.02 Å². The Morgan fingerprint density at radius 2 is 1.84 bits per heavy atom. The second kappa shape index (κ2) is 9.98. The smallest absolute Gasteiger partial charge is 0.273 e. The van der Waals surface area contributed by atoms with E-state index < -0.39 is 17.5 Å². The number of amides is 1. The number of anilines is 1. The van der Waals surface area contributed by atoms with Crippen LogP contribution in [0, 0.1) is 23.5 Å². The number of hydrogen-bond donors (Lipinski definition) is 2. The van der Waals surface area contributed by atoms with Gasteiger partial charge < -0.3 is 10.6 Å². The maximum Gasteiger partial charge on any atom is 0.273 e. The minimum Gasteiger partial charge on any atom is -0.383 e. The summed E-state index contributed by atoms with van der Waals surface area (Å²) in [6.07, 6.45) is 4.49. The quantitative estimate of drug-likeness (QED) is 0.551. The fourth-order valence-corrected chi connectivity index (χ4v) is 4.44. The molecule has 1 aliphatic rings. The third kappa shape index (κ3) is 5.37. The summed E-state index contributed by atoms with van der Waals surface area (Å²) in [5.41, 5.74) is 0.124. The maximum absolute atomic E-state index is 14.9. The van der Waals surface area contributed by atoms with Gasteiger partial charge in [-0.3, -0.25) is 9.48 Å². The lowest BCUT2D eigenvalue weighted by molar-refractivity contribution is 0.0936. The van der Waals surface area contributed by atoms with Crippen LogP contribution in [0.1, 0.15) is 63.9 Å². The van der Waals surface area contributed by atoms with Gasteiger partial charge in [0.15, 0.2) is 5.69 Å². The van der Waals surface area contributed by atoms with E-state index in [0.717, 1.165) is 31.6 Å². The van der Waals surface area contributed by atoms with E-state index in [9.17, 15) is 13.6 Å². The van der Waals surface area contributed by atoms with Gasteiger partial charge in [-0.25, -0.2) is 8.78 Å². The molecule has 0 saturated heterocycles. The molecule has 2 aromatic rings. The molecule has 1 fully saturated rings. The number of rotatable bonds is 7. The van der Waals surface area contributed by atoms with E-state index in [1.54, 1.807) is 6.92 Å². The molecule has 170 valence electrons. The highest BCUT2D eigenvalue weighted by molar-refractivity contribution is 6.36. The lowest BCUT2D eigenvalue weighted by Gasteiger charge is -2.26. The van der Waals surface area contributed by atoms with Crippen molar-refractivity contribution in [2.75, 3.05) is 11.9 Å². The van der Waals surface area contributed by atoms with Crippen molar-refractivity contribution in [2.24, 2.45) is 11.8 Å². The molecule has 1 amide bonds. The molecule has 0 aliphatic heterocycles. The molecule has 3 rings (SSSR count). The van der Waals surface area contributed by atoms with Gasteiger partial charge in [0.05, 0.1) is 16.3 Å². The molecular weight excluding hydrogens is 422 g/mol. The van der Waals surface area contributed by atoms with Crippen LogP contribution in [-0.4, -0.2) is 28.3 Å². The van der Waals surface area contributed by atoms with Gasteiger partial charge in [-0.2, -0.15) is 5.10 Å². The van der Waals surface area contributed by atoms with E-state index in [0.29, 0.717) is 24.7 Å². The first-order valence-corrected chi connectivity index (χ1v) is 11.4. The molecule has 0 spiro atoms. The van der Waals surface area contributed by atoms with Crippen LogP contribution in [0.25, 0.3) is 11.3 Å². The Morgan fingerprint density at radius 1 is 1.23 bits per heavy atom. The monoisotopic (exact) mass is 452 g/mol. The van der Waals surface area contributed by atoms with Crippen molar-refractivity contribution in [1.29, 1.82) is 0 Å². The van der Waals surface area contributed by atoms with Crippen LogP contribution in [0.5, 0.6) is 0 Å². The zero-order valence-corrected chi connectivity index (χ0v) is 19.3. The average Bonchev–Trinajstić information content (AvgIpc) is 3.03. The van der Waals surface area contributed by atoms with Crippen molar-refractivity contribution in [3.8, 4) is 11.3 Å². The van der Waals surface area contributed by atoms with E-state index in [2.05, 4.69) is 22.7 Å². The van der Waals surface area contributed by atoms with E-state index in [1.807, 2.05) is 13.8 Å². The Morgan fingerprint density at radius 3 is 2.39 bits per heavy atom. The van der Waals surface area contributed by atoms with Crippen molar-refractivity contribution < 1.29 is 13.6 Å². The van der Waals surface area contributed by atoms with Gasteiger partial charge in [-0.15, -0.1) is 0 Å². The Bertz CT molecular complexity index is 913. The van der Waals surface area contributed by atoms with Crippen molar-refractivity contribution >= 4 is 23.2 Å². The molecule has 1 aliphatic carbocycles. The number of halogens is 3. The maximum atomic E-state index is 14.9. The second-order valence-corrected chi connectivity index (χ2v) is 9.15. The predicted molar refractivity (Wildman–Crippen MR) is 120 cm³/mol. The van der Waals surface area contributed by atoms with Crippen molar-refractivity contribution in [2.45, 2.75) is 66.0 Å². The van der Waals surface area contributed by atoms with Crippen LogP contribution in [0.3, 0.4) is 0 Å². The van der Waals surface area contributed by atoms with Gasteiger partial charge in [0.25, 0.3) is 5.91 Å². The zero-order chi connectivity index (χ0) is 22.7. The van der Waals surface area contributed by atoms with Crippen LogP contribution < -0.4 is 10.6 Å². The number of nitrogens with zero attached hydrogens (tertiary/aromatic N) is 2. The van der Waals surface area contributed by atoms with E-state index in [-0.39, 0.29) is 28.0 Å². The molecule has 0 bridgehead atoms. The molecular formula is C23H31ClF2N4O. The fraction of sp³-hybridized carbons (Fsp3) is 0.565. The van der Waals surface area contributed by atoms with E-state index in [4.69, 9.17) is 11.6 Å². The number of benzene rings is 1. The van der Waals surface area contributed by atoms with Crippen molar-refractivity contribution in [3.63, 3.8) is 0 Å². The van der Waals surface area contributed by atoms with Gasteiger partial charge >= 0.3 is 0 Å². The Balaban J connectivity index is 1.85. The highest BCUT2D eigenvalue weighted by Crippen LogP contribution is 2.36. The average molecular weight is 453 g/mol. The normalized spacial score (nSPS) is 19.0. The molecule has 8 heteroatoms. The summed E-state index contributed by atoms with van der Waals surface area (Å²) in [5.74, 6) is -0.777. The topological polar surface area (TPSA) is 59.0 Å². The van der Waals surface area contributed by atoms with E-state index in [1.165, 1.54) is 16.8 Å². The number of aromatic nitrogens is 2. The molecule has 1 saturated carbocycles. The Labute approximate surface area is 187 Å². The highest BCUT2D eigenvalue weighted by Gasteiger charge is 2.27. The molecule has 31 heavy (non-hydrogen) atoms. The first kappa shape index (κ1) is 23.5. The summed E-state index contributed by atoms with van der Waals surface area (Å²) >= 11 is 6.45. The fourth-order valence-electron chi connectivity index (χ4n) is 4.12. The first-order chi connectivity index (χ1) is 14.7. The van der Waals surface area contributed by atoms with Gasteiger partial charge in [0, 0.05) is 24.8 Å². The van der Waals surface area contributed by atoms with Gasteiger partial charge in [0.1, 0.15) is 11.6 Å². The number of carbonyl (C=O) groups excluding carboxylic acids is 1. The Hall–Kier alpha value is -2.15. The minimum absolute atomic E-state index is 0.00845. The summed E-state index contributed by atoms with van der Waals surface area (Å²) in [6, 6.07) is 2.48. The number of aryl methyl sites for hydroxylation is 1. The second-order valence-electron chi connectivity index (χ2n) is 8.78. The number of nitrogens with one attached hydrogen (secondary N) is 2. The third-order valence-corrected chi connectivity index (χ3v) is 6.19. The molecule has 5 nitrogen and oxygen atoms in total.